The average Bonchev–Trinajstić information content (AvgIpc) is 2.91. The van der Waals surface area contributed by atoms with Gasteiger partial charge in [0, 0.05) is 42.1 Å². The molecule has 0 amide bonds. The number of nitrogens with zero attached hydrogens (tertiary/aromatic N) is 1. The van der Waals surface area contributed by atoms with E-state index in [4.69, 9.17) is 10.2 Å². The molecule has 0 unspecified atom stereocenters. The lowest BCUT2D eigenvalue weighted by atomic mass is 9.98. The number of carbonyl (C=O) groups is 1. The van der Waals surface area contributed by atoms with Crippen molar-refractivity contribution in [1.29, 1.82) is 0 Å². The molecule has 0 aliphatic heterocycles. The lowest BCUT2D eigenvalue weighted by Gasteiger charge is -2.20. The predicted molar refractivity (Wildman–Crippen MR) is 153 cm³/mol. The smallest absolute Gasteiger partial charge is 0.337 e. The van der Waals surface area contributed by atoms with E-state index in [2.05, 4.69) is 10.3 Å². The van der Waals surface area contributed by atoms with E-state index in [0.717, 1.165) is 27.8 Å². The number of hydrogen-bond acceptors (Lipinski definition) is 6. The molecule has 0 bridgehead atoms. The maximum Gasteiger partial charge on any atom is 0.337 e. The molecule has 3 aromatic carbocycles. The van der Waals surface area contributed by atoms with Crippen molar-refractivity contribution >= 4 is 28.8 Å². The average molecular weight is 510 g/mol. The molecule has 4 rings (SSSR count). The number of benzene rings is 3. The van der Waals surface area contributed by atoms with Crippen molar-refractivity contribution in [3.8, 4) is 11.3 Å². The Balaban J connectivity index is 1.78. The first-order chi connectivity index (χ1) is 18.2. The largest absolute Gasteiger partial charge is 0.478 e. The number of nitrogens with two attached hydrogens (primary N) is 1. The summed E-state index contributed by atoms with van der Waals surface area (Å²) in [5.74, 6) is -0.514. The molecule has 0 spiro atoms. The number of aromatic carboxylic acids is 1. The number of carboxylic acids is 1. The van der Waals surface area contributed by atoms with Crippen LogP contribution in [0.1, 0.15) is 45.6 Å². The van der Waals surface area contributed by atoms with Crippen LogP contribution in [-0.4, -0.2) is 24.3 Å². The first kappa shape index (κ1) is 26.4. The first-order valence-corrected chi connectivity index (χ1v) is 12.3. The zero-order valence-electron chi connectivity index (χ0n) is 21.9. The molecule has 0 saturated carbocycles. The molecular weight excluding hydrogens is 478 g/mol. The Kier molecular flexibility index (Phi) is 7.76. The van der Waals surface area contributed by atoms with E-state index in [1.807, 2.05) is 50.2 Å². The summed E-state index contributed by atoms with van der Waals surface area (Å²) in [7, 11) is 1.70. The highest BCUT2D eigenvalue weighted by Crippen LogP contribution is 2.33. The van der Waals surface area contributed by atoms with Gasteiger partial charge in [0.15, 0.2) is 5.43 Å². The maximum absolute atomic E-state index is 13.5. The molecule has 4 N–H and O–H groups in total. The van der Waals surface area contributed by atoms with Crippen LogP contribution in [0.15, 0.2) is 86.6 Å². The number of hydrogen-bond donors (Lipinski definition) is 3. The van der Waals surface area contributed by atoms with Crippen LogP contribution in [0, 0.1) is 13.8 Å². The summed E-state index contributed by atoms with van der Waals surface area (Å²) in [5.41, 5.74) is 11.7. The summed E-state index contributed by atoms with van der Waals surface area (Å²) in [4.78, 5) is 29.2. The van der Waals surface area contributed by atoms with E-state index in [9.17, 15) is 14.7 Å². The SMILES string of the molecule is CN=CC(=CN)Cc1ccc(-c2oc3c([C@@H](C)Nc4ccccc4C(=O)O)cc(C)cc3c(=O)c2C)cc1. The van der Waals surface area contributed by atoms with Gasteiger partial charge >= 0.3 is 5.97 Å². The third kappa shape index (κ3) is 5.37. The molecule has 38 heavy (non-hydrogen) atoms. The van der Waals surface area contributed by atoms with Crippen molar-refractivity contribution in [1.82, 2.24) is 0 Å². The number of nitrogens with one attached hydrogen (secondary N) is 1. The molecule has 7 heteroatoms. The van der Waals surface area contributed by atoms with Gasteiger partial charge < -0.3 is 20.6 Å². The monoisotopic (exact) mass is 509 g/mol. The fourth-order valence-electron chi connectivity index (χ4n) is 4.59. The van der Waals surface area contributed by atoms with Gasteiger partial charge in [0.1, 0.15) is 11.3 Å². The van der Waals surface area contributed by atoms with Crippen LogP contribution in [0.5, 0.6) is 0 Å². The Hall–Kier alpha value is -4.65. The summed E-state index contributed by atoms with van der Waals surface area (Å²) >= 11 is 0. The molecule has 1 aromatic heterocycles. The summed E-state index contributed by atoms with van der Waals surface area (Å²) in [6.45, 7) is 5.62. The summed E-state index contributed by atoms with van der Waals surface area (Å²) < 4.78 is 6.45. The molecule has 7 nitrogen and oxygen atoms in total. The lowest BCUT2D eigenvalue weighted by molar-refractivity contribution is 0.0698. The fraction of sp³-hybridized carbons (Fsp3) is 0.194. The minimum absolute atomic E-state index is 0.0964. The number of aryl methyl sites for hydroxylation is 1. The Labute approximate surface area is 221 Å². The predicted octanol–water partition coefficient (Wildman–Crippen LogP) is 6.03. The molecular formula is C31H31N3O4. The molecule has 4 aromatic rings. The minimum atomic E-state index is -1.02. The second-order valence-electron chi connectivity index (χ2n) is 9.34. The lowest BCUT2D eigenvalue weighted by Crippen LogP contribution is -2.14. The van der Waals surface area contributed by atoms with Crippen molar-refractivity contribution in [3.63, 3.8) is 0 Å². The van der Waals surface area contributed by atoms with E-state index in [1.54, 1.807) is 50.7 Å². The normalized spacial score (nSPS) is 12.7. The van der Waals surface area contributed by atoms with Gasteiger partial charge in [0.2, 0.25) is 0 Å². The second kappa shape index (κ2) is 11.2. The third-order valence-corrected chi connectivity index (χ3v) is 6.52. The topological polar surface area (TPSA) is 118 Å². The van der Waals surface area contributed by atoms with E-state index < -0.39 is 5.97 Å². The molecule has 194 valence electrons. The van der Waals surface area contributed by atoms with E-state index in [1.165, 1.54) is 0 Å². The molecule has 0 fully saturated rings. The summed E-state index contributed by atoms with van der Waals surface area (Å²) in [5, 5.41) is 13.4. The van der Waals surface area contributed by atoms with Gasteiger partial charge in [-0.25, -0.2) is 4.79 Å². The van der Waals surface area contributed by atoms with Crippen LogP contribution >= 0.6 is 0 Å². The van der Waals surface area contributed by atoms with Crippen LogP contribution < -0.4 is 16.5 Å². The van der Waals surface area contributed by atoms with Gasteiger partial charge in [0.25, 0.3) is 0 Å². The third-order valence-electron chi connectivity index (χ3n) is 6.52. The van der Waals surface area contributed by atoms with Crippen molar-refractivity contribution in [2.75, 3.05) is 12.4 Å². The Morgan fingerprint density at radius 3 is 2.50 bits per heavy atom. The zero-order valence-corrected chi connectivity index (χ0v) is 21.9. The molecule has 0 radical (unpaired) electrons. The maximum atomic E-state index is 13.5. The van der Waals surface area contributed by atoms with E-state index in [-0.39, 0.29) is 17.0 Å². The summed E-state index contributed by atoms with van der Waals surface area (Å²) in [6, 6.07) is 18.0. The van der Waals surface area contributed by atoms with Gasteiger partial charge in [0.05, 0.1) is 17.0 Å². The molecule has 1 atom stereocenters. The Bertz CT molecular complexity index is 1620. The minimum Gasteiger partial charge on any atom is -0.478 e. The van der Waals surface area contributed by atoms with Gasteiger partial charge in [-0.2, -0.15) is 0 Å². The van der Waals surface area contributed by atoms with Crippen LogP contribution in [0.3, 0.4) is 0 Å². The number of rotatable bonds is 8. The van der Waals surface area contributed by atoms with Crippen molar-refractivity contribution in [3.05, 3.63) is 110 Å². The number of para-hydroxylation sites is 1. The van der Waals surface area contributed by atoms with Crippen LogP contribution in [0.2, 0.25) is 0 Å². The van der Waals surface area contributed by atoms with E-state index >= 15 is 0 Å². The van der Waals surface area contributed by atoms with Crippen LogP contribution in [0.25, 0.3) is 22.3 Å². The highest BCUT2D eigenvalue weighted by atomic mass is 16.4. The number of carboxylic acid groups (broad SMARTS) is 1. The van der Waals surface area contributed by atoms with Crippen LogP contribution in [-0.2, 0) is 6.42 Å². The first-order valence-electron chi connectivity index (χ1n) is 12.3. The van der Waals surface area contributed by atoms with Gasteiger partial charge in [-0.1, -0.05) is 42.5 Å². The standard InChI is InChI=1S/C31H31N3O4/c1-18-13-25(20(3)34-27-8-6-5-7-24(27)31(36)37)30-26(14-18)28(35)19(2)29(38-30)23-11-9-21(10-12-23)15-22(16-32)17-33-4/h5-14,16-17,20,34H,15,32H2,1-4H3,(H,36,37)/t20-/m1/s1. The highest BCUT2D eigenvalue weighted by molar-refractivity contribution is 5.94. The highest BCUT2D eigenvalue weighted by Gasteiger charge is 2.20. The quantitative estimate of drug-likeness (QED) is 0.250. The zero-order chi connectivity index (χ0) is 27.4. The van der Waals surface area contributed by atoms with Gasteiger partial charge in [-0.15, -0.1) is 0 Å². The van der Waals surface area contributed by atoms with Crippen molar-refractivity contribution in [2.24, 2.45) is 10.7 Å². The second-order valence-corrected chi connectivity index (χ2v) is 9.34. The number of anilines is 1. The summed E-state index contributed by atoms with van der Waals surface area (Å²) in [6.07, 6.45) is 3.91. The Morgan fingerprint density at radius 2 is 1.84 bits per heavy atom. The number of fused-ring (bicyclic) bond motifs is 1. The van der Waals surface area contributed by atoms with Crippen molar-refractivity contribution < 1.29 is 14.3 Å². The number of aliphatic imine (C=N–C) groups is 1. The molecule has 1 heterocycles. The van der Waals surface area contributed by atoms with Gasteiger partial charge in [-0.3, -0.25) is 9.79 Å². The molecule has 0 saturated heterocycles. The van der Waals surface area contributed by atoms with Crippen molar-refractivity contribution in [2.45, 2.75) is 33.2 Å². The van der Waals surface area contributed by atoms with E-state index in [0.29, 0.717) is 34.4 Å². The number of allylic oxidation sites excluding steroid dienone is 1. The fourth-order valence-corrected chi connectivity index (χ4v) is 4.59. The van der Waals surface area contributed by atoms with Gasteiger partial charge in [-0.05, 0) is 61.9 Å². The molecule has 0 aliphatic rings. The molecule has 0 aliphatic carbocycles. The van der Waals surface area contributed by atoms with Crippen LogP contribution in [0.4, 0.5) is 5.69 Å². The Morgan fingerprint density at radius 1 is 1.13 bits per heavy atom.